The van der Waals surface area contributed by atoms with Crippen LogP contribution in [-0.4, -0.2) is 12.9 Å². The molecule has 3 heteroatoms. The Morgan fingerprint density at radius 2 is 2.25 bits per heavy atom. The number of rotatable bonds is 3. The molecule has 0 unspecified atom stereocenters. The van der Waals surface area contributed by atoms with Gasteiger partial charge in [-0.25, -0.2) is 0 Å². The lowest BCUT2D eigenvalue weighted by atomic mass is 10.0. The largest absolute Gasteiger partial charge is 0.495 e. The van der Waals surface area contributed by atoms with Crippen LogP contribution in [0.5, 0.6) is 5.75 Å². The summed E-state index contributed by atoms with van der Waals surface area (Å²) in [5.74, 6) is 0.698. The smallest absolute Gasteiger partial charge is 0.188 e. The van der Waals surface area contributed by atoms with E-state index in [4.69, 9.17) is 10.5 Å². The maximum absolute atomic E-state index is 12.0. The second-order valence-electron chi connectivity index (χ2n) is 3.91. The van der Waals surface area contributed by atoms with Crippen molar-refractivity contribution in [3.8, 4) is 5.75 Å². The third-order valence-corrected chi connectivity index (χ3v) is 2.82. The van der Waals surface area contributed by atoms with Crippen LogP contribution in [0.1, 0.15) is 29.6 Å². The molecular formula is C13H15NO2. The zero-order valence-corrected chi connectivity index (χ0v) is 9.32. The Morgan fingerprint density at radius 1 is 1.44 bits per heavy atom. The van der Waals surface area contributed by atoms with Gasteiger partial charge in [0.25, 0.3) is 0 Å². The summed E-state index contributed by atoms with van der Waals surface area (Å²) >= 11 is 0. The highest BCUT2D eigenvalue weighted by molar-refractivity contribution is 6.09. The van der Waals surface area contributed by atoms with E-state index in [0.717, 1.165) is 24.8 Å². The highest BCUT2D eigenvalue weighted by atomic mass is 16.5. The SMILES string of the molecule is COc1ccc(C(=O)C2=CCCC2)cc1N. The van der Waals surface area contributed by atoms with Gasteiger partial charge in [0.1, 0.15) is 5.75 Å². The molecule has 1 aliphatic carbocycles. The van der Waals surface area contributed by atoms with E-state index in [2.05, 4.69) is 0 Å². The number of allylic oxidation sites excluding steroid dienone is 2. The number of carbonyl (C=O) groups excluding carboxylic acids is 1. The minimum atomic E-state index is 0.0897. The van der Waals surface area contributed by atoms with Gasteiger partial charge >= 0.3 is 0 Å². The van der Waals surface area contributed by atoms with E-state index in [1.165, 1.54) is 0 Å². The third-order valence-electron chi connectivity index (χ3n) is 2.82. The molecule has 0 amide bonds. The second kappa shape index (κ2) is 4.39. The monoisotopic (exact) mass is 217 g/mol. The molecule has 2 rings (SSSR count). The average molecular weight is 217 g/mol. The van der Waals surface area contributed by atoms with Crippen molar-refractivity contribution in [3.63, 3.8) is 0 Å². The van der Waals surface area contributed by atoms with Gasteiger partial charge in [-0.05, 0) is 43.0 Å². The molecule has 1 aromatic carbocycles. The summed E-state index contributed by atoms with van der Waals surface area (Å²) < 4.78 is 5.05. The fourth-order valence-electron chi connectivity index (χ4n) is 1.94. The summed E-state index contributed by atoms with van der Waals surface area (Å²) in [6, 6.07) is 5.18. The number of ketones is 1. The Hall–Kier alpha value is -1.77. The molecule has 2 N–H and O–H groups in total. The molecule has 0 fully saturated rings. The van der Waals surface area contributed by atoms with Crippen LogP contribution in [-0.2, 0) is 0 Å². The van der Waals surface area contributed by atoms with Crippen LogP contribution in [0.15, 0.2) is 29.8 Å². The van der Waals surface area contributed by atoms with E-state index in [0.29, 0.717) is 17.0 Å². The van der Waals surface area contributed by atoms with E-state index in [1.54, 1.807) is 25.3 Å². The lowest BCUT2D eigenvalue weighted by Gasteiger charge is -2.07. The molecule has 0 heterocycles. The fourth-order valence-corrected chi connectivity index (χ4v) is 1.94. The fraction of sp³-hybridized carbons (Fsp3) is 0.308. The van der Waals surface area contributed by atoms with Gasteiger partial charge in [-0.3, -0.25) is 4.79 Å². The average Bonchev–Trinajstić information content (AvgIpc) is 2.81. The Kier molecular flexibility index (Phi) is 2.95. The van der Waals surface area contributed by atoms with Crippen LogP contribution in [0.4, 0.5) is 5.69 Å². The molecule has 3 nitrogen and oxygen atoms in total. The van der Waals surface area contributed by atoms with Gasteiger partial charge in [-0.15, -0.1) is 0 Å². The standard InChI is InChI=1S/C13H15NO2/c1-16-12-7-6-10(8-11(12)14)13(15)9-4-2-3-5-9/h4,6-8H,2-3,5,14H2,1H3. The minimum absolute atomic E-state index is 0.0897. The minimum Gasteiger partial charge on any atom is -0.495 e. The molecule has 16 heavy (non-hydrogen) atoms. The Balaban J connectivity index is 2.27. The van der Waals surface area contributed by atoms with Crippen molar-refractivity contribution in [1.29, 1.82) is 0 Å². The van der Waals surface area contributed by atoms with E-state index in [9.17, 15) is 4.79 Å². The van der Waals surface area contributed by atoms with Gasteiger partial charge < -0.3 is 10.5 Å². The number of hydrogen-bond donors (Lipinski definition) is 1. The predicted octanol–water partition coefficient (Wildman–Crippen LogP) is 2.57. The van der Waals surface area contributed by atoms with Crippen molar-refractivity contribution in [2.24, 2.45) is 0 Å². The Morgan fingerprint density at radius 3 is 2.81 bits per heavy atom. The molecule has 0 spiro atoms. The molecule has 0 aliphatic heterocycles. The van der Waals surface area contributed by atoms with Gasteiger partial charge in [-0.2, -0.15) is 0 Å². The molecule has 0 aromatic heterocycles. The first-order valence-corrected chi connectivity index (χ1v) is 5.39. The summed E-state index contributed by atoms with van der Waals surface area (Å²) in [5.41, 5.74) is 7.83. The topological polar surface area (TPSA) is 52.3 Å². The highest BCUT2D eigenvalue weighted by Crippen LogP contribution is 2.26. The maximum Gasteiger partial charge on any atom is 0.188 e. The van der Waals surface area contributed by atoms with Crippen LogP contribution >= 0.6 is 0 Å². The van der Waals surface area contributed by atoms with Crippen LogP contribution in [0.3, 0.4) is 0 Å². The third kappa shape index (κ3) is 1.94. The Bertz CT molecular complexity index is 449. The van der Waals surface area contributed by atoms with Gasteiger partial charge in [0.15, 0.2) is 5.78 Å². The van der Waals surface area contributed by atoms with Crippen molar-refractivity contribution in [1.82, 2.24) is 0 Å². The van der Waals surface area contributed by atoms with Gasteiger partial charge in [0.2, 0.25) is 0 Å². The van der Waals surface area contributed by atoms with Gasteiger partial charge in [0.05, 0.1) is 12.8 Å². The first-order valence-electron chi connectivity index (χ1n) is 5.39. The van der Waals surface area contributed by atoms with Gasteiger partial charge in [0, 0.05) is 5.56 Å². The molecule has 0 atom stereocenters. The molecule has 0 saturated heterocycles. The number of benzene rings is 1. The highest BCUT2D eigenvalue weighted by Gasteiger charge is 2.16. The van der Waals surface area contributed by atoms with Crippen molar-refractivity contribution >= 4 is 11.5 Å². The summed E-state index contributed by atoms with van der Waals surface area (Å²) in [5, 5.41) is 0. The second-order valence-corrected chi connectivity index (χ2v) is 3.91. The van der Waals surface area contributed by atoms with Crippen molar-refractivity contribution in [3.05, 3.63) is 35.4 Å². The number of anilines is 1. The van der Waals surface area contributed by atoms with Crippen LogP contribution in [0.25, 0.3) is 0 Å². The number of carbonyl (C=O) groups is 1. The van der Waals surface area contributed by atoms with Crippen molar-refractivity contribution < 1.29 is 9.53 Å². The molecule has 1 aromatic rings. The summed E-state index contributed by atoms with van der Waals surface area (Å²) in [7, 11) is 1.56. The van der Waals surface area contributed by atoms with E-state index < -0.39 is 0 Å². The predicted molar refractivity (Wildman–Crippen MR) is 63.7 cm³/mol. The zero-order chi connectivity index (χ0) is 11.5. The summed E-state index contributed by atoms with van der Waals surface area (Å²) in [6.07, 6.45) is 4.98. The number of methoxy groups -OCH3 is 1. The quantitative estimate of drug-likeness (QED) is 0.625. The van der Waals surface area contributed by atoms with Crippen LogP contribution < -0.4 is 10.5 Å². The molecule has 0 radical (unpaired) electrons. The summed E-state index contributed by atoms with van der Waals surface area (Å²) in [6.45, 7) is 0. The Labute approximate surface area is 94.9 Å². The van der Waals surface area contributed by atoms with E-state index in [1.807, 2.05) is 6.08 Å². The van der Waals surface area contributed by atoms with Gasteiger partial charge in [-0.1, -0.05) is 6.08 Å². The molecular weight excluding hydrogens is 202 g/mol. The normalized spacial score (nSPS) is 14.7. The lowest BCUT2D eigenvalue weighted by Crippen LogP contribution is -2.03. The first-order chi connectivity index (χ1) is 7.72. The number of Topliss-reactive ketones (excluding diaryl/α,β-unsaturated/α-hetero) is 1. The van der Waals surface area contributed by atoms with E-state index in [-0.39, 0.29) is 5.78 Å². The van der Waals surface area contributed by atoms with Crippen molar-refractivity contribution in [2.45, 2.75) is 19.3 Å². The molecule has 1 aliphatic rings. The molecule has 0 saturated carbocycles. The molecule has 0 bridgehead atoms. The van der Waals surface area contributed by atoms with Crippen LogP contribution in [0, 0.1) is 0 Å². The number of nitrogen functional groups attached to an aromatic ring is 1. The number of hydrogen-bond acceptors (Lipinski definition) is 3. The first kappa shape index (κ1) is 10.7. The van der Waals surface area contributed by atoms with E-state index >= 15 is 0 Å². The van der Waals surface area contributed by atoms with Crippen LogP contribution in [0.2, 0.25) is 0 Å². The summed E-state index contributed by atoms with van der Waals surface area (Å²) in [4.78, 5) is 12.0. The lowest BCUT2D eigenvalue weighted by molar-refractivity contribution is 0.103. The van der Waals surface area contributed by atoms with Crippen molar-refractivity contribution in [2.75, 3.05) is 12.8 Å². The number of nitrogens with two attached hydrogens (primary N) is 1. The zero-order valence-electron chi connectivity index (χ0n) is 9.32. The maximum atomic E-state index is 12.0. The molecule has 84 valence electrons. The number of ether oxygens (including phenoxy) is 1.